The van der Waals surface area contributed by atoms with E-state index in [9.17, 15) is 24.5 Å². The van der Waals surface area contributed by atoms with Gasteiger partial charge in [-0.1, -0.05) is 36.4 Å². The van der Waals surface area contributed by atoms with Gasteiger partial charge in [-0.05, 0) is 50.1 Å². The molecule has 0 radical (unpaired) electrons. The lowest BCUT2D eigenvalue weighted by Gasteiger charge is -2.38. The monoisotopic (exact) mass is 533 g/mol. The van der Waals surface area contributed by atoms with Crippen LogP contribution in [0.25, 0.3) is 16.6 Å². The number of benzene rings is 3. The van der Waals surface area contributed by atoms with Crippen LogP contribution in [0.4, 0.5) is 11.4 Å². The third kappa shape index (κ3) is 2.57. The van der Waals surface area contributed by atoms with Gasteiger partial charge in [-0.15, -0.1) is 0 Å². The van der Waals surface area contributed by atoms with Gasteiger partial charge in [-0.3, -0.25) is 34.0 Å². The zero-order valence-electron chi connectivity index (χ0n) is 21.5. The highest BCUT2D eigenvalue weighted by atomic mass is 16.6. The molecule has 5 heterocycles. The average Bonchev–Trinajstić information content (AvgIpc) is 3.67. The third-order valence-corrected chi connectivity index (χ3v) is 9.28. The summed E-state index contributed by atoms with van der Waals surface area (Å²) >= 11 is 0. The largest absolute Gasteiger partial charge is 0.283 e. The first-order valence-electron chi connectivity index (χ1n) is 13.4. The van der Waals surface area contributed by atoms with E-state index in [2.05, 4.69) is 4.90 Å². The second-order valence-corrected chi connectivity index (χ2v) is 11.0. The zero-order chi connectivity index (χ0) is 27.5. The molecule has 3 aromatic carbocycles. The van der Waals surface area contributed by atoms with Crippen molar-refractivity contribution in [2.24, 2.45) is 11.8 Å². The van der Waals surface area contributed by atoms with Gasteiger partial charge in [0, 0.05) is 23.7 Å². The smallest absolute Gasteiger partial charge is 0.271 e. The van der Waals surface area contributed by atoms with E-state index >= 15 is 0 Å². The maximum absolute atomic E-state index is 14.6. The molecule has 0 bridgehead atoms. The molecule has 2 amide bonds. The first-order valence-corrected chi connectivity index (χ1v) is 13.4. The minimum atomic E-state index is -1.12. The Kier molecular flexibility index (Phi) is 4.47. The van der Waals surface area contributed by atoms with E-state index in [1.54, 1.807) is 35.8 Å². The summed E-state index contributed by atoms with van der Waals surface area (Å²) in [6.45, 7) is 2.39. The molecule has 10 heteroatoms. The van der Waals surface area contributed by atoms with Crippen LogP contribution in [0.2, 0.25) is 0 Å². The highest BCUT2D eigenvalue weighted by Crippen LogP contribution is 2.62. The molecule has 4 aromatic rings. The number of fused-ring (bicyclic) bond motifs is 11. The van der Waals surface area contributed by atoms with Crippen molar-refractivity contribution < 1.29 is 14.5 Å². The lowest BCUT2D eigenvalue weighted by atomic mass is 9.75. The predicted octanol–water partition coefficient (Wildman–Crippen LogP) is 3.44. The molecule has 0 unspecified atom stereocenters. The SMILES string of the molecule is Cc1ccc([N+](=O)[O-])cc1N1C(=O)[C@H]2[C@H]3CCCN3[C@]3(c4ccccc4-n4c3nc3ccccc3c4=O)[C@H]2C1=O. The molecule has 8 rings (SSSR count). The van der Waals surface area contributed by atoms with E-state index in [-0.39, 0.29) is 28.9 Å². The fraction of sp³-hybridized carbons (Fsp3) is 0.267. The molecule has 4 atom stereocenters. The second-order valence-electron chi connectivity index (χ2n) is 11.0. The van der Waals surface area contributed by atoms with Gasteiger partial charge in [0.25, 0.3) is 11.2 Å². The Bertz CT molecular complexity index is 1900. The first kappa shape index (κ1) is 23.2. The van der Waals surface area contributed by atoms with Gasteiger partial charge in [-0.2, -0.15) is 0 Å². The molecule has 1 aromatic heterocycles. The number of amides is 2. The molecule has 10 nitrogen and oxygen atoms in total. The molecule has 0 N–H and O–H groups in total. The number of rotatable bonds is 2. The number of carbonyl (C=O) groups is 2. The summed E-state index contributed by atoms with van der Waals surface area (Å²) in [6.07, 6.45) is 1.57. The molecular formula is C30H23N5O5. The second kappa shape index (κ2) is 7.70. The lowest BCUT2D eigenvalue weighted by Crippen LogP contribution is -2.51. The summed E-state index contributed by atoms with van der Waals surface area (Å²) < 4.78 is 1.62. The Hall–Kier alpha value is -4.70. The van der Waals surface area contributed by atoms with Crippen LogP contribution in [0, 0.1) is 28.9 Å². The fourth-order valence-electron chi connectivity index (χ4n) is 7.80. The van der Waals surface area contributed by atoms with Gasteiger partial charge < -0.3 is 0 Å². The number of nitro groups is 1. The van der Waals surface area contributed by atoms with Crippen molar-refractivity contribution in [3.8, 4) is 5.69 Å². The predicted molar refractivity (Wildman–Crippen MR) is 145 cm³/mol. The van der Waals surface area contributed by atoms with Crippen LogP contribution in [0.15, 0.2) is 71.5 Å². The molecule has 3 fully saturated rings. The molecule has 0 saturated carbocycles. The number of carbonyl (C=O) groups excluding carboxylic acids is 2. The van der Waals surface area contributed by atoms with Gasteiger partial charge in [0.2, 0.25) is 11.8 Å². The quantitative estimate of drug-likeness (QED) is 0.220. The van der Waals surface area contributed by atoms with Crippen molar-refractivity contribution in [2.45, 2.75) is 31.3 Å². The number of nitro benzene ring substituents is 1. The van der Waals surface area contributed by atoms with Crippen molar-refractivity contribution in [1.82, 2.24) is 14.5 Å². The van der Waals surface area contributed by atoms with E-state index in [4.69, 9.17) is 4.98 Å². The van der Waals surface area contributed by atoms with Gasteiger partial charge in [-0.25, -0.2) is 9.88 Å². The standard InChI is InChI=1S/C30H23N5O5/c1-16-12-13-17(35(39)40)15-23(16)33-27(37)24-22-11-6-14-32(22)30(25(24)28(33)38)19-8-3-5-10-21(19)34-26(36)18-7-2-4-9-20(18)31-29(30)34/h2-5,7-10,12-13,15,22,24-25H,6,11,14H2,1H3/t22-,24+,25-,30-/m1/s1. The van der Waals surface area contributed by atoms with Crippen molar-refractivity contribution in [2.75, 3.05) is 11.4 Å². The summed E-state index contributed by atoms with van der Waals surface area (Å²) in [5.41, 5.74) is 1.28. The summed E-state index contributed by atoms with van der Waals surface area (Å²) in [5.74, 6) is -1.83. The molecule has 1 spiro atoms. The van der Waals surface area contributed by atoms with Crippen LogP contribution in [-0.4, -0.2) is 43.8 Å². The maximum atomic E-state index is 14.6. The molecule has 40 heavy (non-hydrogen) atoms. The normalized spacial score (nSPS) is 26.4. The maximum Gasteiger partial charge on any atom is 0.271 e. The van der Waals surface area contributed by atoms with Crippen LogP contribution >= 0.6 is 0 Å². The highest BCUT2D eigenvalue weighted by molar-refractivity contribution is 6.23. The van der Waals surface area contributed by atoms with E-state index < -0.39 is 28.2 Å². The number of aryl methyl sites for hydroxylation is 1. The van der Waals surface area contributed by atoms with Crippen molar-refractivity contribution >= 4 is 34.1 Å². The number of para-hydroxylation sites is 2. The number of nitrogens with zero attached hydrogens (tertiary/aromatic N) is 5. The Morgan fingerprint density at radius 1 is 0.975 bits per heavy atom. The molecule has 4 aliphatic rings. The lowest BCUT2D eigenvalue weighted by molar-refractivity contribution is -0.384. The Labute approximate surface area is 227 Å². The number of anilines is 1. The Morgan fingerprint density at radius 2 is 1.75 bits per heavy atom. The minimum Gasteiger partial charge on any atom is -0.283 e. The van der Waals surface area contributed by atoms with Crippen LogP contribution in [0.1, 0.15) is 29.8 Å². The van der Waals surface area contributed by atoms with Gasteiger partial charge in [0.1, 0.15) is 11.4 Å². The zero-order valence-corrected chi connectivity index (χ0v) is 21.5. The highest BCUT2D eigenvalue weighted by Gasteiger charge is 2.73. The molecule has 3 saturated heterocycles. The number of hydrogen-bond donors (Lipinski definition) is 0. The van der Waals surface area contributed by atoms with Crippen molar-refractivity contribution in [3.63, 3.8) is 0 Å². The van der Waals surface area contributed by atoms with Gasteiger partial charge >= 0.3 is 0 Å². The average molecular weight is 534 g/mol. The molecule has 0 aliphatic carbocycles. The summed E-state index contributed by atoms with van der Waals surface area (Å²) in [5, 5.41) is 12.1. The van der Waals surface area contributed by atoms with E-state index in [0.29, 0.717) is 34.5 Å². The Balaban J connectivity index is 1.43. The molecular weight excluding hydrogens is 510 g/mol. The summed E-state index contributed by atoms with van der Waals surface area (Å²) in [6, 6.07) is 18.7. The Morgan fingerprint density at radius 3 is 2.58 bits per heavy atom. The number of hydrogen-bond acceptors (Lipinski definition) is 7. The van der Waals surface area contributed by atoms with Gasteiger partial charge in [0.15, 0.2) is 0 Å². The summed E-state index contributed by atoms with van der Waals surface area (Å²) in [7, 11) is 0. The topological polar surface area (TPSA) is 119 Å². The number of non-ortho nitro benzene ring substituents is 1. The molecule has 198 valence electrons. The van der Waals surface area contributed by atoms with Crippen molar-refractivity contribution in [1.29, 1.82) is 0 Å². The van der Waals surface area contributed by atoms with Crippen LogP contribution in [0.5, 0.6) is 0 Å². The van der Waals surface area contributed by atoms with E-state index in [0.717, 1.165) is 23.3 Å². The fourth-order valence-corrected chi connectivity index (χ4v) is 7.80. The molecule has 4 aliphatic heterocycles. The van der Waals surface area contributed by atoms with Gasteiger partial charge in [0.05, 0.1) is 39.0 Å². The third-order valence-electron chi connectivity index (χ3n) is 9.28. The van der Waals surface area contributed by atoms with E-state index in [1.807, 2.05) is 30.3 Å². The summed E-state index contributed by atoms with van der Waals surface area (Å²) in [4.78, 5) is 62.3. The van der Waals surface area contributed by atoms with E-state index in [1.165, 1.54) is 12.1 Å². The number of imide groups is 1. The minimum absolute atomic E-state index is 0.188. The van der Waals surface area contributed by atoms with Crippen LogP contribution in [-0.2, 0) is 15.1 Å². The first-order chi connectivity index (χ1) is 19.4. The number of aromatic nitrogens is 2. The van der Waals surface area contributed by atoms with Crippen LogP contribution < -0.4 is 10.5 Å². The van der Waals surface area contributed by atoms with Crippen molar-refractivity contribution in [3.05, 3.63) is 104 Å². The van der Waals surface area contributed by atoms with Crippen LogP contribution in [0.3, 0.4) is 0 Å².